The highest BCUT2D eigenvalue weighted by Crippen LogP contribution is 2.36. The van der Waals surface area contributed by atoms with Gasteiger partial charge >= 0.3 is 5.97 Å². The van der Waals surface area contributed by atoms with E-state index in [0.717, 1.165) is 19.0 Å². The summed E-state index contributed by atoms with van der Waals surface area (Å²) in [6, 6.07) is -0.150. The first-order valence-electron chi connectivity index (χ1n) is 6.68. The number of morpholine rings is 1. The summed E-state index contributed by atoms with van der Waals surface area (Å²) in [6.45, 7) is 8.01. The van der Waals surface area contributed by atoms with Gasteiger partial charge in [-0.2, -0.15) is 0 Å². The van der Waals surface area contributed by atoms with Crippen LogP contribution in [0.3, 0.4) is 0 Å². The molecule has 0 amide bonds. The third-order valence-corrected chi connectivity index (χ3v) is 3.64. The van der Waals surface area contributed by atoms with Crippen molar-refractivity contribution in [2.45, 2.75) is 51.9 Å². The van der Waals surface area contributed by atoms with Crippen molar-refractivity contribution in [3.63, 3.8) is 0 Å². The molecule has 3 atom stereocenters. The van der Waals surface area contributed by atoms with Crippen LogP contribution in [0.4, 0.5) is 0 Å². The molecule has 0 aromatic rings. The van der Waals surface area contributed by atoms with Crippen molar-refractivity contribution in [1.82, 2.24) is 4.90 Å². The standard InChI is InChI=1S/C13H23NO3/c1-4-16-13(15)10(3)14-7-9(2)17-12(8-14)11-5-6-11/h9-12H,4-8H2,1-3H3/t9-,10-,12-/m0/s1. The van der Waals surface area contributed by atoms with Crippen LogP contribution in [0, 0.1) is 5.92 Å². The van der Waals surface area contributed by atoms with Gasteiger partial charge in [0.15, 0.2) is 0 Å². The van der Waals surface area contributed by atoms with Crippen LogP contribution >= 0.6 is 0 Å². The number of hydrogen-bond acceptors (Lipinski definition) is 4. The summed E-state index contributed by atoms with van der Waals surface area (Å²) >= 11 is 0. The Kier molecular flexibility index (Phi) is 4.05. The first-order valence-corrected chi connectivity index (χ1v) is 6.68. The molecule has 1 aliphatic heterocycles. The van der Waals surface area contributed by atoms with Crippen molar-refractivity contribution in [3.05, 3.63) is 0 Å². The summed E-state index contributed by atoms with van der Waals surface area (Å²) in [5.41, 5.74) is 0. The summed E-state index contributed by atoms with van der Waals surface area (Å²) < 4.78 is 11.0. The number of carbonyl (C=O) groups is 1. The van der Waals surface area contributed by atoms with Gasteiger partial charge in [0, 0.05) is 13.1 Å². The van der Waals surface area contributed by atoms with Gasteiger partial charge in [-0.25, -0.2) is 0 Å². The molecule has 0 aromatic carbocycles. The monoisotopic (exact) mass is 241 g/mol. The molecule has 4 nitrogen and oxygen atoms in total. The van der Waals surface area contributed by atoms with Gasteiger partial charge in [-0.05, 0) is 39.5 Å². The smallest absolute Gasteiger partial charge is 0.323 e. The highest BCUT2D eigenvalue weighted by molar-refractivity contribution is 5.75. The normalized spacial score (nSPS) is 32.2. The molecule has 98 valence electrons. The van der Waals surface area contributed by atoms with E-state index in [-0.39, 0.29) is 18.1 Å². The zero-order valence-corrected chi connectivity index (χ0v) is 11.0. The highest BCUT2D eigenvalue weighted by atomic mass is 16.5. The fourth-order valence-corrected chi connectivity index (χ4v) is 2.48. The maximum Gasteiger partial charge on any atom is 0.323 e. The van der Waals surface area contributed by atoms with E-state index >= 15 is 0 Å². The lowest BCUT2D eigenvalue weighted by atomic mass is 10.1. The molecule has 0 spiro atoms. The molecule has 1 saturated heterocycles. The van der Waals surface area contributed by atoms with Crippen LogP contribution in [0.1, 0.15) is 33.6 Å². The molecule has 2 fully saturated rings. The molecule has 1 aliphatic carbocycles. The first kappa shape index (κ1) is 12.8. The molecule has 0 bridgehead atoms. The molecule has 2 rings (SSSR count). The lowest BCUT2D eigenvalue weighted by Gasteiger charge is -2.39. The largest absolute Gasteiger partial charge is 0.465 e. The highest BCUT2D eigenvalue weighted by Gasteiger charge is 2.39. The van der Waals surface area contributed by atoms with Gasteiger partial charge in [0.1, 0.15) is 6.04 Å². The Labute approximate surface area is 103 Å². The maximum atomic E-state index is 11.7. The minimum Gasteiger partial charge on any atom is -0.465 e. The molecule has 1 saturated carbocycles. The van der Waals surface area contributed by atoms with Crippen molar-refractivity contribution < 1.29 is 14.3 Å². The van der Waals surface area contributed by atoms with Gasteiger partial charge in [-0.3, -0.25) is 9.69 Å². The number of esters is 1. The van der Waals surface area contributed by atoms with Crippen LogP contribution in [-0.4, -0.2) is 48.8 Å². The van der Waals surface area contributed by atoms with Crippen molar-refractivity contribution in [3.8, 4) is 0 Å². The zero-order chi connectivity index (χ0) is 12.4. The molecule has 0 unspecified atom stereocenters. The Morgan fingerprint density at radius 2 is 2.18 bits per heavy atom. The Morgan fingerprint density at radius 1 is 1.47 bits per heavy atom. The average molecular weight is 241 g/mol. The Bertz CT molecular complexity index is 278. The quantitative estimate of drug-likeness (QED) is 0.698. The Morgan fingerprint density at radius 3 is 2.76 bits per heavy atom. The fraction of sp³-hybridized carbons (Fsp3) is 0.923. The molecular formula is C13H23NO3. The van der Waals surface area contributed by atoms with Crippen molar-refractivity contribution in [1.29, 1.82) is 0 Å². The van der Waals surface area contributed by atoms with Gasteiger partial charge in [-0.1, -0.05) is 0 Å². The predicted molar refractivity (Wildman–Crippen MR) is 64.7 cm³/mol. The number of ether oxygens (including phenoxy) is 2. The van der Waals surface area contributed by atoms with E-state index in [2.05, 4.69) is 11.8 Å². The van der Waals surface area contributed by atoms with Gasteiger partial charge in [-0.15, -0.1) is 0 Å². The minimum atomic E-state index is -0.150. The number of rotatable bonds is 4. The van der Waals surface area contributed by atoms with Gasteiger partial charge in [0.2, 0.25) is 0 Å². The summed E-state index contributed by atoms with van der Waals surface area (Å²) in [4.78, 5) is 13.9. The summed E-state index contributed by atoms with van der Waals surface area (Å²) in [5.74, 6) is 0.603. The molecule has 17 heavy (non-hydrogen) atoms. The maximum absolute atomic E-state index is 11.7. The number of carbonyl (C=O) groups excluding carboxylic acids is 1. The van der Waals surface area contributed by atoms with Crippen LogP contribution in [0.25, 0.3) is 0 Å². The second-order valence-corrected chi connectivity index (χ2v) is 5.20. The molecule has 1 heterocycles. The van der Waals surface area contributed by atoms with Gasteiger partial charge in [0.25, 0.3) is 0 Å². The van der Waals surface area contributed by atoms with Crippen LogP contribution in [-0.2, 0) is 14.3 Å². The summed E-state index contributed by atoms with van der Waals surface area (Å²) in [6.07, 6.45) is 3.08. The second-order valence-electron chi connectivity index (χ2n) is 5.20. The Hall–Kier alpha value is -0.610. The minimum absolute atomic E-state index is 0.115. The van der Waals surface area contributed by atoms with Crippen LogP contribution < -0.4 is 0 Å². The Balaban J connectivity index is 1.92. The van der Waals surface area contributed by atoms with Crippen molar-refractivity contribution in [2.75, 3.05) is 19.7 Å². The number of nitrogens with zero attached hydrogens (tertiary/aromatic N) is 1. The lowest BCUT2D eigenvalue weighted by molar-refractivity contribution is -0.155. The van der Waals surface area contributed by atoms with E-state index in [9.17, 15) is 4.79 Å². The fourth-order valence-electron chi connectivity index (χ4n) is 2.48. The van der Waals surface area contributed by atoms with Crippen molar-refractivity contribution in [2.24, 2.45) is 5.92 Å². The van der Waals surface area contributed by atoms with E-state index in [1.807, 2.05) is 13.8 Å². The van der Waals surface area contributed by atoms with Crippen LogP contribution in [0.2, 0.25) is 0 Å². The van der Waals surface area contributed by atoms with E-state index < -0.39 is 0 Å². The third-order valence-electron chi connectivity index (χ3n) is 3.64. The van der Waals surface area contributed by atoms with Gasteiger partial charge in [0.05, 0.1) is 18.8 Å². The van der Waals surface area contributed by atoms with E-state index in [1.54, 1.807) is 0 Å². The van der Waals surface area contributed by atoms with E-state index in [0.29, 0.717) is 12.7 Å². The molecule has 0 aromatic heterocycles. The SMILES string of the molecule is CCOC(=O)[C@H](C)N1C[C@@H](C2CC2)O[C@@H](C)C1. The van der Waals surface area contributed by atoms with E-state index in [1.165, 1.54) is 12.8 Å². The number of hydrogen-bond donors (Lipinski definition) is 0. The molecule has 0 N–H and O–H groups in total. The average Bonchev–Trinajstić information content (AvgIpc) is 3.11. The van der Waals surface area contributed by atoms with Crippen LogP contribution in [0.15, 0.2) is 0 Å². The summed E-state index contributed by atoms with van der Waals surface area (Å²) in [5, 5.41) is 0. The summed E-state index contributed by atoms with van der Waals surface area (Å²) in [7, 11) is 0. The second kappa shape index (κ2) is 5.36. The third kappa shape index (κ3) is 3.19. The van der Waals surface area contributed by atoms with Gasteiger partial charge < -0.3 is 9.47 Å². The molecule has 0 radical (unpaired) electrons. The van der Waals surface area contributed by atoms with Crippen LogP contribution in [0.5, 0.6) is 0 Å². The molecule has 2 aliphatic rings. The first-order chi connectivity index (χ1) is 8.11. The molecule has 4 heteroatoms. The molecular weight excluding hydrogens is 218 g/mol. The topological polar surface area (TPSA) is 38.8 Å². The zero-order valence-electron chi connectivity index (χ0n) is 11.0. The van der Waals surface area contributed by atoms with E-state index in [4.69, 9.17) is 9.47 Å². The lowest BCUT2D eigenvalue weighted by Crippen LogP contribution is -2.53. The van der Waals surface area contributed by atoms with Crippen molar-refractivity contribution >= 4 is 5.97 Å². The predicted octanol–water partition coefficient (Wildman–Crippen LogP) is 1.44.